The smallest absolute Gasteiger partial charge is 0.293 e. The summed E-state index contributed by atoms with van der Waals surface area (Å²) in [5.74, 6) is 0. The van der Waals surface area contributed by atoms with Gasteiger partial charge in [0.25, 0.3) is 5.69 Å². The van der Waals surface area contributed by atoms with Crippen molar-refractivity contribution in [3.05, 3.63) is 64.2 Å². The van der Waals surface area contributed by atoms with Gasteiger partial charge in [-0.25, -0.2) is 13.1 Å². The SMILES string of the molecule is CNS(=O)(=O)c1ccc(NCC(c2ccccc2)N(C)C)c([N+](=O)[O-])c1. The molecule has 0 radical (unpaired) electrons. The molecular weight excluding hydrogens is 356 g/mol. The molecule has 0 saturated heterocycles. The lowest BCUT2D eigenvalue weighted by atomic mass is 10.1. The van der Waals surface area contributed by atoms with Gasteiger partial charge < -0.3 is 10.2 Å². The van der Waals surface area contributed by atoms with Gasteiger partial charge in [-0.3, -0.25) is 10.1 Å². The summed E-state index contributed by atoms with van der Waals surface area (Å²) in [6.07, 6.45) is 0. The fraction of sp³-hybridized carbons (Fsp3) is 0.294. The molecule has 0 aliphatic carbocycles. The summed E-state index contributed by atoms with van der Waals surface area (Å²) in [7, 11) is 1.36. The van der Waals surface area contributed by atoms with Gasteiger partial charge in [-0.15, -0.1) is 0 Å². The summed E-state index contributed by atoms with van der Waals surface area (Å²) >= 11 is 0. The number of sulfonamides is 1. The van der Waals surface area contributed by atoms with Crippen LogP contribution in [0.4, 0.5) is 11.4 Å². The van der Waals surface area contributed by atoms with Crippen molar-refractivity contribution in [1.29, 1.82) is 0 Å². The number of anilines is 1. The molecule has 0 aliphatic rings. The van der Waals surface area contributed by atoms with Crippen LogP contribution < -0.4 is 10.0 Å². The number of nitro groups is 1. The van der Waals surface area contributed by atoms with Gasteiger partial charge in [0.1, 0.15) is 5.69 Å². The summed E-state index contributed by atoms with van der Waals surface area (Å²) < 4.78 is 25.9. The Morgan fingerprint density at radius 2 is 1.81 bits per heavy atom. The molecular formula is C17H22N4O4S. The van der Waals surface area contributed by atoms with Crippen molar-refractivity contribution in [2.24, 2.45) is 0 Å². The van der Waals surface area contributed by atoms with Crippen LogP contribution in [0.15, 0.2) is 53.4 Å². The lowest BCUT2D eigenvalue weighted by Gasteiger charge is -2.25. The minimum absolute atomic E-state index is 0.00322. The average Bonchev–Trinajstić information content (AvgIpc) is 2.62. The normalized spacial score (nSPS) is 12.8. The van der Waals surface area contributed by atoms with E-state index < -0.39 is 14.9 Å². The van der Waals surface area contributed by atoms with Crippen molar-refractivity contribution in [2.75, 3.05) is 33.0 Å². The number of rotatable bonds is 8. The van der Waals surface area contributed by atoms with E-state index in [1.807, 2.05) is 49.3 Å². The Kier molecular flexibility index (Phi) is 6.30. The molecule has 0 aliphatic heterocycles. The largest absolute Gasteiger partial charge is 0.378 e. The Balaban J connectivity index is 2.29. The second-order valence-electron chi connectivity index (χ2n) is 5.91. The first-order valence-corrected chi connectivity index (χ1v) is 9.42. The zero-order valence-electron chi connectivity index (χ0n) is 14.8. The van der Waals surface area contributed by atoms with E-state index in [1.165, 1.54) is 19.2 Å². The summed E-state index contributed by atoms with van der Waals surface area (Å²) in [5, 5.41) is 14.5. The van der Waals surface area contributed by atoms with E-state index in [0.29, 0.717) is 6.54 Å². The Hall–Kier alpha value is -2.49. The fourth-order valence-electron chi connectivity index (χ4n) is 2.58. The van der Waals surface area contributed by atoms with Crippen LogP contribution >= 0.6 is 0 Å². The maximum atomic E-state index is 11.9. The molecule has 2 rings (SSSR count). The molecule has 0 fully saturated rings. The van der Waals surface area contributed by atoms with E-state index >= 15 is 0 Å². The molecule has 0 heterocycles. The van der Waals surface area contributed by atoms with Crippen molar-refractivity contribution in [1.82, 2.24) is 9.62 Å². The van der Waals surface area contributed by atoms with Gasteiger partial charge in [0.15, 0.2) is 0 Å². The Morgan fingerprint density at radius 3 is 2.35 bits per heavy atom. The molecule has 0 spiro atoms. The van der Waals surface area contributed by atoms with Crippen molar-refractivity contribution in [3.63, 3.8) is 0 Å². The molecule has 26 heavy (non-hydrogen) atoms. The predicted molar refractivity (Wildman–Crippen MR) is 101 cm³/mol. The van der Waals surface area contributed by atoms with Crippen LogP contribution in [0.25, 0.3) is 0 Å². The second kappa shape index (κ2) is 8.26. The van der Waals surface area contributed by atoms with Gasteiger partial charge in [-0.2, -0.15) is 0 Å². The molecule has 2 aromatic rings. The van der Waals surface area contributed by atoms with Crippen molar-refractivity contribution >= 4 is 21.4 Å². The first kappa shape index (κ1) is 19.8. The van der Waals surface area contributed by atoms with E-state index in [-0.39, 0.29) is 22.3 Å². The van der Waals surface area contributed by atoms with Crippen LogP contribution in [0.2, 0.25) is 0 Å². The van der Waals surface area contributed by atoms with Gasteiger partial charge >= 0.3 is 0 Å². The molecule has 9 heteroatoms. The quantitative estimate of drug-likeness (QED) is 0.539. The number of benzene rings is 2. The van der Waals surface area contributed by atoms with Crippen LogP contribution in [0.3, 0.4) is 0 Å². The molecule has 8 nitrogen and oxygen atoms in total. The number of hydrogen-bond acceptors (Lipinski definition) is 6. The highest BCUT2D eigenvalue weighted by Crippen LogP contribution is 2.28. The third kappa shape index (κ3) is 4.57. The summed E-state index contributed by atoms with van der Waals surface area (Å²) in [6, 6.07) is 13.6. The maximum Gasteiger partial charge on any atom is 0.293 e. The first-order valence-electron chi connectivity index (χ1n) is 7.93. The average molecular weight is 378 g/mol. The third-order valence-electron chi connectivity index (χ3n) is 4.04. The van der Waals surface area contributed by atoms with E-state index in [9.17, 15) is 18.5 Å². The lowest BCUT2D eigenvalue weighted by molar-refractivity contribution is -0.384. The lowest BCUT2D eigenvalue weighted by Crippen LogP contribution is -2.27. The molecule has 0 saturated carbocycles. The third-order valence-corrected chi connectivity index (χ3v) is 5.45. The van der Waals surface area contributed by atoms with Gasteiger partial charge in [-0.05, 0) is 38.8 Å². The Morgan fingerprint density at radius 1 is 1.15 bits per heavy atom. The number of nitrogens with zero attached hydrogens (tertiary/aromatic N) is 2. The van der Waals surface area contributed by atoms with E-state index in [2.05, 4.69) is 10.0 Å². The standard InChI is InChI=1S/C17H22N4O4S/c1-18-26(24,25)14-9-10-15(16(11-14)21(22)23)19-12-17(20(2)3)13-7-5-4-6-8-13/h4-11,17-19H,12H2,1-3H3. The molecule has 1 atom stereocenters. The number of likely N-dealkylation sites (N-methyl/N-ethyl adjacent to an activating group) is 1. The minimum Gasteiger partial charge on any atom is -0.378 e. The molecule has 2 aromatic carbocycles. The first-order chi connectivity index (χ1) is 12.3. The van der Waals surface area contributed by atoms with Crippen molar-refractivity contribution in [3.8, 4) is 0 Å². The Labute approximate surface area is 153 Å². The van der Waals surface area contributed by atoms with Crippen molar-refractivity contribution in [2.45, 2.75) is 10.9 Å². The molecule has 2 N–H and O–H groups in total. The molecule has 0 aromatic heterocycles. The highest BCUT2D eigenvalue weighted by atomic mass is 32.2. The Bertz CT molecular complexity index is 870. The summed E-state index contributed by atoms with van der Waals surface area (Å²) in [6.45, 7) is 0.427. The van der Waals surface area contributed by atoms with E-state index in [0.717, 1.165) is 11.6 Å². The summed E-state index contributed by atoms with van der Waals surface area (Å²) in [4.78, 5) is 12.6. The van der Waals surface area contributed by atoms with E-state index in [1.54, 1.807) is 0 Å². The molecule has 140 valence electrons. The highest BCUT2D eigenvalue weighted by Gasteiger charge is 2.21. The fourth-order valence-corrected chi connectivity index (χ4v) is 3.33. The van der Waals surface area contributed by atoms with Gasteiger partial charge in [-0.1, -0.05) is 30.3 Å². The van der Waals surface area contributed by atoms with Crippen LogP contribution in [-0.4, -0.2) is 45.9 Å². The molecule has 1 unspecified atom stereocenters. The van der Waals surface area contributed by atoms with E-state index in [4.69, 9.17) is 0 Å². The highest BCUT2D eigenvalue weighted by molar-refractivity contribution is 7.89. The molecule has 0 bridgehead atoms. The van der Waals surface area contributed by atoms with Crippen LogP contribution in [0.1, 0.15) is 11.6 Å². The predicted octanol–water partition coefficient (Wildman–Crippen LogP) is 2.22. The van der Waals surface area contributed by atoms with Crippen LogP contribution in [-0.2, 0) is 10.0 Å². The number of hydrogen-bond donors (Lipinski definition) is 2. The van der Waals surface area contributed by atoms with Crippen LogP contribution in [0.5, 0.6) is 0 Å². The van der Waals surface area contributed by atoms with Crippen LogP contribution in [0, 0.1) is 10.1 Å². The zero-order chi connectivity index (χ0) is 19.3. The van der Waals surface area contributed by atoms with Gasteiger partial charge in [0.05, 0.1) is 15.9 Å². The van der Waals surface area contributed by atoms with Crippen molar-refractivity contribution < 1.29 is 13.3 Å². The molecule has 0 amide bonds. The number of nitro benzene ring substituents is 1. The van der Waals surface area contributed by atoms with Gasteiger partial charge in [0.2, 0.25) is 10.0 Å². The maximum absolute atomic E-state index is 11.9. The topological polar surface area (TPSA) is 105 Å². The second-order valence-corrected chi connectivity index (χ2v) is 7.80. The minimum atomic E-state index is -3.75. The monoisotopic (exact) mass is 378 g/mol. The summed E-state index contributed by atoms with van der Waals surface area (Å²) in [5.41, 5.74) is 1.06. The van der Waals surface area contributed by atoms with Gasteiger partial charge in [0, 0.05) is 12.6 Å². The number of nitrogens with one attached hydrogen (secondary N) is 2. The zero-order valence-corrected chi connectivity index (χ0v) is 15.7.